The number of anilines is 1. The van der Waals surface area contributed by atoms with Gasteiger partial charge in [0.25, 0.3) is 31.8 Å². The Kier molecular flexibility index (Phi) is 7.12. The van der Waals surface area contributed by atoms with Crippen LogP contribution in [-0.2, 0) is 20.2 Å². The first-order valence-electron chi connectivity index (χ1n) is 10.6. The molecule has 0 heterocycles. The number of nitro benzene ring substituents is 1. The smallest absolute Gasteiger partial charge is 0.296 e. The maximum atomic E-state index is 12.8. The van der Waals surface area contributed by atoms with E-state index in [2.05, 4.69) is 15.5 Å². The predicted molar refractivity (Wildman–Crippen MR) is 137 cm³/mol. The number of amides is 1. The van der Waals surface area contributed by atoms with Crippen LogP contribution in [0.3, 0.4) is 0 Å². The van der Waals surface area contributed by atoms with Crippen LogP contribution in [0, 0.1) is 10.1 Å². The van der Waals surface area contributed by atoms with Crippen LogP contribution >= 0.6 is 0 Å². The third-order valence-corrected chi connectivity index (χ3v) is 7.02. The summed E-state index contributed by atoms with van der Waals surface area (Å²) in [7, 11) is -10.1. The topological polar surface area (TPSA) is 226 Å². The molecule has 0 fully saturated rings. The van der Waals surface area contributed by atoms with Crippen molar-refractivity contribution in [1.29, 1.82) is 0 Å². The molecule has 4 rings (SSSR count). The number of aromatic hydroxyl groups is 1. The molecule has 0 saturated carbocycles. The first-order valence-corrected chi connectivity index (χ1v) is 13.5. The Bertz CT molecular complexity index is 1890. The maximum absolute atomic E-state index is 12.8. The standard InChI is InChI=1S/C23H16N4O10S2/c28-22-20-14(10-15(38(32,33)34)12-17(20)24-23(29)13-6-2-1-3-7-13)11-19(39(35,36)37)21(22)26-25-16-8-4-5-9-18(16)27(30)31/h1-12,28H,(H,24,29)(H,32,33,34)(H,35,36,37). The molecule has 4 N–H and O–H groups in total. The molecule has 0 aromatic heterocycles. The fourth-order valence-electron chi connectivity index (χ4n) is 3.59. The van der Waals surface area contributed by atoms with Gasteiger partial charge >= 0.3 is 0 Å². The first-order chi connectivity index (χ1) is 18.3. The molecule has 1 amide bonds. The second-order valence-electron chi connectivity index (χ2n) is 7.86. The largest absolute Gasteiger partial charge is 0.505 e. The number of nitrogens with zero attached hydrogens (tertiary/aromatic N) is 3. The summed E-state index contributed by atoms with van der Waals surface area (Å²) in [6.45, 7) is 0. The molecule has 0 saturated heterocycles. The second-order valence-corrected chi connectivity index (χ2v) is 10.7. The number of nitrogens with one attached hydrogen (secondary N) is 1. The van der Waals surface area contributed by atoms with Gasteiger partial charge in [0.15, 0.2) is 11.4 Å². The van der Waals surface area contributed by atoms with Gasteiger partial charge in [0.2, 0.25) is 0 Å². The number of carbonyl (C=O) groups excluding carboxylic acids is 1. The van der Waals surface area contributed by atoms with E-state index in [1.165, 1.54) is 30.3 Å². The summed E-state index contributed by atoms with van der Waals surface area (Å²) >= 11 is 0. The van der Waals surface area contributed by atoms with Gasteiger partial charge in [-0.25, -0.2) is 0 Å². The lowest BCUT2D eigenvalue weighted by atomic mass is 10.1. The Hall–Kier alpha value is -4.77. The lowest BCUT2D eigenvalue weighted by molar-refractivity contribution is -0.384. The number of fused-ring (bicyclic) bond motifs is 1. The average molecular weight is 573 g/mol. The highest BCUT2D eigenvalue weighted by atomic mass is 32.2. The van der Waals surface area contributed by atoms with Gasteiger partial charge in [0, 0.05) is 17.0 Å². The van der Waals surface area contributed by atoms with Crippen molar-refractivity contribution in [2.45, 2.75) is 9.79 Å². The van der Waals surface area contributed by atoms with Gasteiger partial charge in [-0.3, -0.25) is 24.0 Å². The molecule has 16 heteroatoms. The zero-order valence-corrected chi connectivity index (χ0v) is 20.9. The number of hydrogen-bond donors (Lipinski definition) is 4. The minimum atomic E-state index is -5.15. The average Bonchev–Trinajstić information content (AvgIpc) is 2.87. The molecule has 0 bridgehead atoms. The molecule has 0 aliphatic heterocycles. The summed E-state index contributed by atoms with van der Waals surface area (Å²) in [5.74, 6) is -1.74. The van der Waals surface area contributed by atoms with Crippen molar-refractivity contribution < 1.29 is 40.8 Å². The highest BCUT2D eigenvalue weighted by Crippen LogP contribution is 2.45. The van der Waals surface area contributed by atoms with Crippen molar-refractivity contribution in [3.8, 4) is 5.75 Å². The monoisotopic (exact) mass is 572 g/mol. The van der Waals surface area contributed by atoms with Crippen LogP contribution in [0.1, 0.15) is 10.4 Å². The number of phenols is 1. The number of hydrogen-bond acceptors (Lipinski definition) is 10. The van der Waals surface area contributed by atoms with Crippen LogP contribution in [0.5, 0.6) is 5.75 Å². The van der Waals surface area contributed by atoms with Gasteiger partial charge < -0.3 is 10.4 Å². The van der Waals surface area contributed by atoms with E-state index in [-0.39, 0.29) is 27.7 Å². The highest BCUT2D eigenvalue weighted by Gasteiger charge is 2.26. The van der Waals surface area contributed by atoms with Crippen LogP contribution in [0.15, 0.2) is 92.8 Å². The zero-order chi connectivity index (χ0) is 28.5. The quantitative estimate of drug-likeness (QED) is 0.104. The third-order valence-electron chi connectivity index (χ3n) is 5.32. The van der Waals surface area contributed by atoms with E-state index in [0.717, 1.165) is 24.3 Å². The minimum Gasteiger partial charge on any atom is -0.505 e. The number of phenolic OH excluding ortho intramolecular Hbond substituents is 1. The number of nitro groups is 1. The number of rotatable bonds is 7. The molecule has 4 aromatic rings. The van der Waals surface area contributed by atoms with E-state index in [9.17, 15) is 46.0 Å². The molecule has 0 atom stereocenters. The van der Waals surface area contributed by atoms with Gasteiger partial charge in [0.1, 0.15) is 10.6 Å². The first kappa shape index (κ1) is 27.3. The molecule has 14 nitrogen and oxygen atoms in total. The van der Waals surface area contributed by atoms with Gasteiger partial charge in [0.05, 0.1) is 15.5 Å². The van der Waals surface area contributed by atoms with Gasteiger partial charge in [-0.2, -0.15) is 16.8 Å². The Balaban J connectivity index is 2.02. The fourth-order valence-corrected chi connectivity index (χ4v) is 4.79. The van der Waals surface area contributed by atoms with Gasteiger partial charge in [-0.05, 0) is 41.8 Å². The van der Waals surface area contributed by atoms with Crippen molar-refractivity contribution in [1.82, 2.24) is 0 Å². The van der Waals surface area contributed by atoms with Gasteiger partial charge in [-0.15, -0.1) is 10.2 Å². The number of azo groups is 1. The molecule has 0 aliphatic rings. The lowest BCUT2D eigenvalue weighted by Gasteiger charge is -2.15. The number of para-hydroxylation sites is 1. The summed E-state index contributed by atoms with van der Waals surface area (Å²) in [6, 6.07) is 15.0. The highest BCUT2D eigenvalue weighted by molar-refractivity contribution is 7.86. The second kappa shape index (κ2) is 10.2. The van der Waals surface area contributed by atoms with Gasteiger partial charge in [-0.1, -0.05) is 30.3 Å². The van der Waals surface area contributed by atoms with E-state index in [0.29, 0.717) is 0 Å². The number of carbonyl (C=O) groups is 1. The molecule has 0 radical (unpaired) electrons. The van der Waals surface area contributed by atoms with E-state index in [1.807, 2.05) is 0 Å². The van der Waals surface area contributed by atoms with Crippen LogP contribution in [0.2, 0.25) is 0 Å². The van der Waals surface area contributed by atoms with Crippen LogP contribution < -0.4 is 5.32 Å². The molecular formula is C23H16N4O10S2. The van der Waals surface area contributed by atoms with Crippen LogP contribution in [0.25, 0.3) is 10.8 Å². The Morgan fingerprint density at radius 2 is 1.51 bits per heavy atom. The molecule has 200 valence electrons. The SMILES string of the molecule is O=C(Nc1cc(S(=O)(=O)O)cc2cc(S(=O)(=O)O)c(N=Nc3ccccc3[N+](=O)[O-])c(O)c12)c1ccccc1. The molecule has 0 spiro atoms. The fraction of sp³-hybridized carbons (Fsp3) is 0. The van der Waals surface area contributed by atoms with Crippen LogP contribution in [0.4, 0.5) is 22.7 Å². The van der Waals surface area contributed by atoms with Crippen molar-refractivity contribution in [3.05, 3.63) is 88.5 Å². The predicted octanol–water partition coefficient (Wildman–Crippen LogP) is 4.61. The van der Waals surface area contributed by atoms with Crippen molar-refractivity contribution >= 4 is 59.7 Å². The minimum absolute atomic E-state index is 0.133. The van der Waals surface area contributed by atoms with Crippen molar-refractivity contribution in [2.75, 3.05) is 5.32 Å². The lowest BCUT2D eigenvalue weighted by Crippen LogP contribution is -2.13. The summed E-state index contributed by atoms with van der Waals surface area (Å²) in [6.07, 6.45) is 0. The summed E-state index contributed by atoms with van der Waals surface area (Å²) in [5, 5.41) is 31.4. The van der Waals surface area contributed by atoms with E-state index >= 15 is 0 Å². The normalized spacial score (nSPS) is 12.1. The summed E-state index contributed by atoms with van der Waals surface area (Å²) in [4.78, 5) is 21.5. The van der Waals surface area contributed by atoms with Crippen molar-refractivity contribution in [2.24, 2.45) is 10.2 Å². The van der Waals surface area contributed by atoms with Crippen molar-refractivity contribution in [3.63, 3.8) is 0 Å². The zero-order valence-electron chi connectivity index (χ0n) is 19.3. The van der Waals surface area contributed by atoms with E-state index in [4.69, 9.17) is 0 Å². The molecule has 39 heavy (non-hydrogen) atoms. The Morgan fingerprint density at radius 3 is 2.13 bits per heavy atom. The Morgan fingerprint density at radius 1 is 0.872 bits per heavy atom. The third kappa shape index (κ3) is 5.73. The summed E-state index contributed by atoms with van der Waals surface area (Å²) < 4.78 is 67.5. The Labute approximate surface area is 219 Å². The molecule has 0 aliphatic carbocycles. The van der Waals surface area contributed by atoms with Crippen LogP contribution in [-0.4, -0.2) is 41.9 Å². The van der Waals surface area contributed by atoms with E-state index in [1.54, 1.807) is 18.2 Å². The van der Waals surface area contributed by atoms with E-state index < -0.39 is 58.0 Å². The molecular weight excluding hydrogens is 556 g/mol. The molecule has 4 aromatic carbocycles. The summed E-state index contributed by atoms with van der Waals surface area (Å²) in [5.41, 5.74) is -1.92. The molecule has 0 unspecified atom stereocenters. The number of benzene rings is 4. The maximum Gasteiger partial charge on any atom is 0.296 e.